The van der Waals surface area contributed by atoms with E-state index in [-0.39, 0.29) is 48.0 Å². The Morgan fingerprint density at radius 1 is 0.906 bits per heavy atom. The number of carbonyl (C=O) groups excluding carboxylic acids is 6. The van der Waals surface area contributed by atoms with Crippen LogP contribution in [0.15, 0.2) is 24.3 Å². The van der Waals surface area contributed by atoms with Crippen LogP contribution in [0.2, 0.25) is 0 Å². The van der Waals surface area contributed by atoms with Crippen LogP contribution in [0.3, 0.4) is 0 Å². The van der Waals surface area contributed by atoms with E-state index in [1.807, 2.05) is 7.05 Å². The summed E-state index contributed by atoms with van der Waals surface area (Å²) in [4.78, 5) is 86.9. The highest BCUT2D eigenvalue weighted by Gasteiger charge is 2.45. The van der Waals surface area contributed by atoms with Crippen LogP contribution in [0.5, 0.6) is 0 Å². The molecule has 2 aliphatic heterocycles. The number of benzene rings is 1. The topological polar surface area (TPSA) is 175 Å². The number of Topliss-reactive ketones (excluding diaryl/α,β-unsaturated/α-hetero) is 2. The van der Waals surface area contributed by atoms with Gasteiger partial charge in [-0.25, -0.2) is 0 Å². The third-order valence-corrected chi connectivity index (χ3v) is 12.6. The molecule has 2 aromatic rings. The minimum atomic E-state index is -0.876. The highest BCUT2D eigenvalue weighted by Crippen LogP contribution is 2.42. The molecule has 0 bridgehead atoms. The Bertz CT molecular complexity index is 1660. The second-order valence-electron chi connectivity index (χ2n) is 16.3. The maximum absolute atomic E-state index is 14.3. The SMILES string of the molecule is CC(=O)c1ccc2[nH]c(C(=O)N[C@H]3CCN(C)C[C@H]4CC[C@@H](C(=O)N[C@@H](CCC(N)=O)C(=O)CC(C5CCCCC5)C5CCCCC5)N4C3=O)cc2c1. The maximum atomic E-state index is 14.3. The van der Waals surface area contributed by atoms with Crippen LogP contribution < -0.4 is 16.4 Å². The Balaban J connectivity index is 1.18. The zero-order chi connectivity index (χ0) is 37.6. The summed E-state index contributed by atoms with van der Waals surface area (Å²) in [5.41, 5.74) is 7.05. The number of hydrogen-bond acceptors (Lipinski definition) is 7. The average Bonchev–Trinajstić information content (AvgIpc) is 3.77. The fourth-order valence-electron chi connectivity index (χ4n) is 9.69. The lowest BCUT2D eigenvalue weighted by Crippen LogP contribution is -2.60. The monoisotopic (exact) mass is 730 g/mol. The van der Waals surface area contributed by atoms with Crippen LogP contribution in [-0.4, -0.2) is 94.3 Å². The fourth-order valence-corrected chi connectivity index (χ4v) is 9.69. The minimum absolute atomic E-state index is 0.0210. The van der Waals surface area contributed by atoms with Gasteiger partial charge < -0.3 is 31.2 Å². The molecule has 0 spiro atoms. The van der Waals surface area contributed by atoms with Gasteiger partial charge in [0.2, 0.25) is 17.7 Å². The van der Waals surface area contributed by atoms with E-state index in [2.05, 4.69) is 20.5 Å². The summed E-state index contributed by atoms with van der Waals surface area (Å²) in [6.07, 6.45) is 13.7. The van der Waals surface area contributed by atoms with E-state index in [1.54, 1.807) is 29.2 Å². The Kier molecular flexibility index (Phi) is 12.7. The molecule has 0 unspecified atom stereocenters. The third-order valence-electron chi connectivity index (χ3n) is 12.6. The van der Waals surface area contributed by atoms with Crippen molar-refractivity contribution in [3.05, 3.63) is 35.5 Å². The van der Waals surface area contributed by atoms with Crippen molar-refractivity contribution >= 4 is 46.1 Å². The molecule has 0 radical (unpaired) electrons. The van der Waals surface area contributed by atoms with Crippen molar-refractivity contribution in [1.29, 1.82) is 0 Å². The first-order valence-electron chi connectivity index (χ1n) is 20.0. The zero-order valence-corrected chi connectivity index (χ0v) is 31.5. The summed E-state index contributed by atoms with van der Waals surface area (Å²) in [6.45, 7) is 2.66. The molecule has 2 saturated carbocycles. The quantitative estimate of drug-likeness (QED) is 0.217. The molecule has 4 fully saturated rings. The molecule has 1 aromatic heterocycles. The average molecular weight is 731 g/mol. The Morgan fingerprint density at radius 3 is 2.23 bits per heavy atom. The number of H-pyrrole nitrogens is 1. The predicted molar refractivity (Wildman–Crippen MR) is 202 cm³/mol. The largest absolute Gasteiger partial charge is 0.370 e. The first-order chi connectivity index (χ1) is 25.5. The minimum Gasteiger partial charge on any atom is -0.370 e. The maximum Gasteiger partial charge on any atom is 0.268 e. The molecule has 1 aromatic carbocycles. The van der Waals surface area contributed by atoms with Crippen molar-refractivity contribution in [2.75, 3.05) is 20.1 Å². The van der Waals surface area contributed by atoms with Crippen LogP contribution in [0, 0.1) is 17.8 Å². The lowest BCUT2D eigenvalue weighted by Gasteiger charge is -2.39. The van der Waals surface area contributed by atoms with E-state index in [0.29, 0.717) is 67.1 Å². The van der Waals surface area contributed by atoms with Gasteiger partial charge in [-0.2, -0.15) is 0 Å². The molecular weight excluding hydrogens is 672 g/mol. The highest BCUT2D eigenvalue weighted by atomic mass is 16.2. The first kappa shape index (κ1) is 38.7. The number of amides is 4. The summed E-state index contributed by atoms with van der Waals surface area (Å²) >= 11 is 0. The number of carbonyl (C=O) groups is 6. The number of likely N-dealkylation sites (N-methyl/N-ethyl adjacent to an activating group) is 1. The number of nitrogens with one attached hydrogen (secondary N) is 3. The number of nitrogens with zero attached hydrogens (tertiary/aromatic N) is 2. The number of hydrogen-bond donors (Lipinski definition) is 4. The normalized spacial score (nSPS) is 24.0. The van der Waals surface area contributed by atoms with Crippen molar-refractivity contribution in [2.24, 2.45) is 23.5 Å². The Morgan fingerprint density at radius 2 is 1.58 bits per heavy atom. The van der Waals surface area contributed by atoms with Crippen LogP contribution in [0.4, 0.5) is 0 Å². The van der Waals surface area contributed by atoms with Gasteiger partial charge in [0.25, 0.3) is 5.91 Å². The smallest absolute Gasteiger partial charge is 0.268 e. The molecule has 2 aliphatic carbocycles. The summed E-state index contributed by atoms with van der Waals surface area (Å²) in [5, 5.41) is 6.66. The number of fused-ring (bicyclic) bond motifs is 2. The van der Waals surface area contributed by atoms with Gasteiger partial charge in [0.05, 0.1) is 6.04 Å². The van der Waals surface area contributed by atoms with Gasteiger partial charge in [-0.05, 0) is 81.7 Å². The van der Waals surface area contributed by atoms with E-state index >= 15 is 0 Å². The lowest BCUT2D eigenvalue weighted by molar-refractivity contribution is -0.143. The number of aromatic nitrogens is 1. The van der Waals surface area contributed by atoms with Crippen LogP contribution >= 0.6 is 0 Å². The van der Waals surface area contributed by atoms with Gasteiger partial charge in [0.1, 0.15) is 17.8 Å². The number of rotatable bonds is 13. The summed E-state index contributed by atoms with van der Waals surface area (Å²) in [5.74, 6) is -0.541. The second-order valence-corrected chi connectivity index (χ2v) is 16.3. The van der Waals surface area contributed by atoms with Crippen LogP contribution in [-0.2, 0) is 19.2 Å². The van der Waals surface area contributed by atoms with E-state index in [4.69, 9.17) is 5.73 Å². The number of ketones is 2. The van der Waals surface area contributed by atoms with Crippen LogP contribution in [0.1, 0.15) is 131 Å². The third kappa shape index (κ3) is 9.37. The molecule has 4 atom stereocenters. The van der Waals surface area contributed by atoms with E-state index in [9.17, 15) is 28.8 Å². The summed E-state index contributed by atoms with van der Waals surface area (Å²) in [6, 6.07) is 4.07. The van der Waals surface area contributed by atoms with Crippen molar-refractivity contribution < 1.29 is 28.8 Å². The van der Waals surface area contributed by atoms with Crippen molar-refractivity contribution in [2.45, 2.75) is 134 Å². The van der Waals surface area contributed by atoms with Gasteiger partial charge in [-0.3, -0.25) is 28.8 Å². The van der Waals surface area contributed by atoms with E-state index in [0.717, 1.165) is 25.7 Å². The molecule has 53 heavy (non-hydrogen) atoms. The van der Waals surface area contributed by atoms with Crippen molar-refractivity contribution in [3.63, 3.8) is 0 Å². The van der Waals surface area contributed by atoms with Gasteiger partial charge in [0, 0.05) is 48.4 Å². The standard InChI is InChI=1S/C41H58N6O6/c1-25(48)28-13-15-32-29(21-28)22-35(43-32)39(51)45-34-19-20-46(2)24-30-14-17-36(47(30)41(34)53)40(52)44-33(16-18-38(42)50)37(49)23-31(26-9-5-3-6-10-26)27-11-7-4-8-12-27/h13,15,21-22,26-27,30-31,33-34,36,43H,3-12,14,16-20,23-24H2,1-2H3,(H2,42,50)(H,44,52)(H,45,51)/t30-,33+,34+,36+/m1/s1. The van der Waals surface area contributed by atoms with E-state index < -0.39 is 35.8 Å². The molecule has 288 valence electrons. The molecule has 12 heteroatoms. The van der Waals surface area contributed by atoms with Crippen LogP contribution in [0.25, 0.3) is 10.9 Å². The van der Waals surface area contributed by atoms with E-state index in [1.165, 1.54) is 45.4 Å². The fraction of sp³-hybridized carbons (Fsp3) is 0.659. The summed E-state index contributed by atoms with van der Waals surface area (Å²) in [7, 11) is 1.97. The lowest BCUT2D eigenvalue weighted by atomic mass is 9.67. The number of nitrogens with two attached hydrogens (primary N) is 1. The van der Waals surface area contributed by atoms with Gasteiger partial charge in [-0.15, -0.1) is 0 Å². The molecule has 6 rings (SSSR count). The molecular formula is C41H58N6O6. The van der Waals surface area contributed by atoms with Crippen molar-refractivity contribution in [3.8, 4) is 0 Å². The Labute approximate surface area is 312 Å². The number of primary amides is 1. The van der Waals surface area contributed by atoms with Crippen molar-refractivity contribution in [1.82, 2.24) is 25.4 Å². The summed E-state index contributed by atoms with van der Waals surface area (Å²) < 4.78 is 0. The number of aromatic amines is 1. The molecule has 4 amide bonds. The molecule has 2 saturated heterocycles. The molecule has 4 aliphatic rings. The van der Waals surface area contributed by atoms with Gasteiger partial charge in [0.15, 0.2) is 11.6 Å². The van der Waals surface area contributed by atoms with Gasteiger partial charge >= 0.3 is 0 Å². The first-order valence-corrected chi connectivity index (χ1v) is 20.0. The molecule has 12 nitrogen and oxygen atoms in total. The Hall–Kier alpha value is -4.06. The second kappa shape index (κ2) is 17.4. The molecule has 3 heterocycles. The zero-order valence-electron chi connectivity index (χ0n) is 31.5. The highest BCUT2D eigenvalue weighted by molar-refractivity contribution is 6.03. The molecule has 5 N–H and O–H groups in total. The van der Waals surface area contributed by atoms with Gasteiger partial charge in [-0.1, -0.05) is 64.2 Å². The predicted octanol–water partition coefficient (Wildman–Crippen LogP) is 4.65.